The summed E-state index contributed by atoms with van der Waals surface area (Å²) in [7, 11) is 0. The van der Waals surface area contributed by atoms with E-state index in [4.69, 9.17) is 0 Å². The molecule has 0 aromatic rings. The summed E-state index contributed by atoms with van der Waals surface area (Å²) >= 11 is 0. The Bertz CT molecular complexity index is 214. The van der Waals surface area contributed by atoms with E-state index in [1.807, 2.05) is 0 Å². The van der Waals surface area contributed by atoms with Crippen molar-refractivity contribution in [3.05, 3.63) is 0 Å². The van der Waals surface area contributed by atoms with Crippen molar-refractivity contribution in [2.45, 2.75) is 53.1 Å². The Balaban J connectivity index is 2.18. The molecule has 0 spiro atoms. The summed E-state index contributed by atoms with van der Waals surface area (Å²) < 4.78 is 0. The SMILES string of the molecule is CCN(CC)C1CCN(CCNC(C)C(C)C)C1. The zero-order chi connectivity index (χ0) is 13.5. The quantitative estimate of drug-likeness (QED) is 0.716. The van der Waals surface area contributed by atoms with Crippen LogP contribution < -0.4 is 5.32 Å². The lowest BCUT2D eigenvalue weighted by atomic mass is 10.1. The lowest BCUT2D eigenvalue weighted by molar-refractivity contribution is 0.210. The highest BCUT2D eigenvalue weighted by Gasteiger charge is 2.25. The van der Waals surface area contributed by atoms with Gasteiger partial charge >= 0.3 is 0 Å². The topological polar surface area (TPSA) is 18.5 Å². The maximum Gasteiger partial charge on any atom is 0.0235 e. The van der Waals surface area contributed by atoms with E-state index in [9.17, 15) is 0 Å². The monoisotopic (exact) mass is 255 g/mol. The molecule has 0 bridgehead atoms. The van der Waals surface area contributed by atoms with Crippen LogP contribution >= 0.6 is 0 Å². The van der Waals surface area contributed by atoms with Gasteiger partial charge in [-0.3, -0.25) is 4.90 Å². The third-order valence-electron chi connectivity index (χ3n) is 4.47. The van der Waals surface area contributed by atoms with E-state index in [1.54, 1.807) is 0 Å². The van der Waals surface area contributed by atoms with Gasteiger partial charge in [-0.05, 0) is 38.9 Å². The van der Waals surface area contributed by atoms with Crippen LogP contribution in [-0.4, -0.2) is 61.2 Å². The Morgan fingerprint density at radius 1 is 1.22 bits per heavy atom. The van der Waals surface area contributed by atoms with Gasteiger partial charge in [0.1, 0.15) is 0 Å². The van der Waals surface area contributed by atoms with E-state index in [2.05, 4.69) is 49.7 Å². The molecule has 108 valence electrons. The van der Waals surface area contributed by atoms with Gasteiger partial charge < -0.3 is 10.2 Å². The van der Waals surface area contributed by atoms with Crippen LogP contribution in [0.1, 0.15) is 41.0 Å². The first kappa shape index (κ1) is 15.9. The molecule has 18 heavy (non-hydrogen) atoms. The van der Waals surface area contributed by atoms with Crippen molar-refractivity contribution in [2.75, 3.05) is 39.3 Å². The third kappa shape index (κ3) is 4.87. The van der Waals surface area contributed by atoms with E-state index in [-0.39, 0.29) is 0 Å². The Kier molecular flexibility index (Phi) is 7.20. The van der Waals surface area contributed by atoms with Crippen molar-refractivity contribution in [1.82, 2.24) is 15.1 Å². The average Bonchev–Trinajstić information content (AvgIpc) is 2.79. The average molecular weight is 255 g/mol. The Labute approximate surface area is 114 Å². The number of rotatable bonds is 8. The van der Waals surface area contributed by atoms with Crippen LogP contribution in [-0.2, 0) is 0 Å². The van der Waals surface area contributed by atoms with Crippen LogP contribution in [0.3, 0.4) is 0 Å². The van der Waals surface area contributed by atoms with Crippen molar-refractivity contribution in [2.24, 2.45) is 5.92 Å². The summed E-state index contributed by atoms with van der Waals surface area (Å²) in [6.45, 7) is 18.7. The molecule has 0 radical (unpaired) electrons. The second kappa shape index (κ2) is 8.13. The van der Waals surface area contributed by atoms with Gasteiger partial charge in [0.05, 0.1) is 0 Å². The van der Waals surface area contributed by atoms with E-state index in [0.29, 0.717) is 6.04 Å². The zero-order valence-electron chi connectivity index (χ0n) is 13.1. The molecule has 0 aromatic heterocycles. The number of nitrogens with one attached hydrogen (secondary N) is 1. The van der Waals surface area contributed by atoms with Crippen molar-refractivity contribution in [3.63, 3.8) is 0 Å². The standard InChI is InChI=1S/C15H33N3/c1-6-18(7-2)15-8-10-17(12-15)11-9-16-14(5)13(3)4/h13-16H,6-12H2,1-5H3. The third-order valence-corrected chi connectivity index (χ3v) is 4.47. The molecular formula is C15H33N3. The smallest absolute Gasteiger partial charge is 0.0235 e. The first-order valence-electron chi connectivity index (χ1n) is 7.78. The number of hydrogen-bond donors (Lipinski definition) is 1. The molecule has 2 unspecified atom stereocenters. The Morgan fingerprint density at radius 3 is 2.44 bits per heavy atom. The van der Waals surface area contributed by atoms with Crippen molar-refractivity contribution >= 4 is 0 Å². The van der Waals surface area contributed by atoms with Gasteiger partial charge in [0, 0.05) is 31.7 Å². The molecule has 1 fully saturated rings. The first-order chi connectivity index (χ1) is 8.58. The predicted octanol–water partition coefficient (Wildman–Crippen LogP) is 2.04. The summed E-state index contributed by atoms with van der Waals surface area (Å²) in [5, 5.41) is 3.63. The van der Waals surface area contributed by atoms with Gasteiger partial charge in [0.2, 0.25) is 0 Å². The molecule has 1 heterocycles. The van der Waals surface area contributed by atoms with Crippen LogP contribution in [0.15, 0.2) is 0 Å². The van der Waals surface area contributed by atoms with Gasteiger partial charge in [-0.15, -0.1) is 0 Å². The molecule has 3 heteroatoms. The molecule has 0 amide bonds. The molecule has 1 aliphatic heterocycles. The molecule has 1 saturated heterocycles. The highest BCUT2D eigenvalue weighted by Crippen LogP contribution is 2.14. The molecule has 3 nitrogen and oxygen atoms in total. The maximum absolute atomic E-state index is 3.63. The van der Waals surface area contributed by atoms with E-state index in [1.165, 1.54) is 39.1 Å². The second-order valence-electron chi connectivity index (χ2n) is 5.95. The number of likely N-dealkylation sites (tertiary alicyclic amines) is 1. The number of nitrogens with zero attached hydrogens (tertiary/aromatic N) is 2. The number of hydrogen-bond acceptors (Lipinski definition) is 3. The molecule has 1 N–H and O–H groups in total. The minimum absolute atomic E-state index is 0.631. The molecule has 1 rings (SSSR count). The summed E-state index contributed by atoms with van der Waals surface area (Å²) in [5.41, 5.74) is 0. The lowest BCUT2D eigenvalue weighted by Crippen LogP contribution is -2.40. The van der Waals surface area contributed by atoms with Gasteiger partial charge in [-0.25, -0.2) is 0 Å². The van der Waals surface area contributed by atoms with Crippen LogP contribution in [0.2, 0.25) is 0 Å². The number of likely N-dealkylation sites (N-methyl/N-ethyl adjacent to an activating group) is 1. The highest BCUT2D eigenvalue weighted by molar-refractivity contribution is 4.83. The fraction of sp³-hybridized carbons (Fsp3) is 1.00. The van der Waals surface area contributed by atoms with Gasteiger partial charge in [0.15, 0.2) is 0 Å². The molecule has 0 aliphatic carbocycles. The highest BCUT2D eigenvalue weighted by atomic mass is 15.3. The molecule has 0 saturated carbocycles. The second-order valence-corrected chi connectivity index (χ2v) is 5.95. The van der Waals surface area contributed by atoms with Gasteiger partial charge in [-0.2, -0.15) is 0 Å². The van der Waals surface area contributed by atoms with Gasteiger partial charge in [-0.1, -0.05) is 27.7 Å². The van der Waals surface area contributed by atoms with Crippen LogP contribution in [0, 0.1) is 5.92 Å². The van der Waals surface area contributed by atoms with Crippen LogP contribution in [0.4, 0.5) is 0 Å². The van der Waals surface area contributed by atoms with E-state index < -0.39 is 0 Å². The van der Waals surface area contributed by atoms with Crippen molar-refractivity contribution < 1.29 is 0 Å². The lowest BCUT2D eigenvalue weighted by Gasteiger charge is -2.26. The minimum atomic E-state index is 0.631. The molecule has 2 atom stereocenters. The van der Waals surface area contributed by atoms with E-state index >= 15 is 0 Å². The van der Waals surface area contributed by atoms with Crippen molar-refractivity contribution in [1.29, 1.82) is 0 Å². The first-order valence-corrected chi connectivity index (χ1v) is 7.78. The fourth-order valence-electron chi connectivity index (χ4n) is 2.74. The summed E-state index contributed by atoms with van der Waals surface area (Å²) in [6.07, 6.45) is 1.35. The van der Waals surface area contributed by atoms with Crippen LogP contribution in [0.5, 0.6) is 0 Å². The van der Waals surface area contributed by atoms with Crippen molar-refractivity contribution in [3.8, 4) is 0 Å². The summed E-state index contributed by atoms with van der Waals surface area (Å²) in [5.74, 6) is 0.729. The zero-order valence-corrected chi connectivity index (χ0v) is 13.1. The normalized spacial score (nSPS) is 23.2. The minimum Gasteiger partial charge on any atom is -0.313 e. The van der Waals surface area contributed by atoms with E-state index in [0.717, 1.165) is 18.5 Å². The Morgan fingerprint density at radius 2 is 1.89 bits per heavy atom. The molecular weight excluding hydrogens is 222 g/mol. The molecule has 1 aliphatic rings. The fourth-order valence-corrected chi connectivity index (χ4v) is 2.74. The van der Waals surface area contributed by atoms with Crippen LogP contribution in [0.25, 0.3) is 0 Å². The molecule has 0 aromatic carbocycles. The van der Waals surface area contributed by atoms with Gasteiger partial charge in [0.25, 0.3) is 0 Å². The predicted molar refractivity (Wildman–Crippen MR) is 80.1 cm³/mol. The Hall–Kier alpha value is -0.120. The maximum atomic E-state index is 3.63. The largest absolute Gasteiger partial charge is 0.313 e. The summed E-state index contributed by atoms with van der Waals surface area (Å²) in [4.78, 5) is 5.22. The summed E-state index contributed by atoms with van der Waals surface area (Å²) in [6, 6.07) is 1.42.